The standard InChI is InChI=1S/C15H22Br2N2O/c1-10(11-5-4-6-19(2)9-11)18-14-8-15(20-3)13(17)7-12(14)16/h7-8,10-11,18H,4-6,9H2,1-3H3. The molecule has 2 rings (SSSR count). The minimum Gasteiger partial charge on any atom is -0.495 e. The fraction of sp³-hybridized carbons (Fsp3) is 0.600. The van der Waals surface area contributed by atoms with Crippen molar-refractivity contribution in [2.75, 3.05) is 32.6 Å². The fourth-order valence-corrected chi connectivity index (χ4v) is 4.04. The first-order valence-electron chi connectivity index (χ1n) is 6.99. The predicted octanol–water partition coefficient (Wildman–Crippen LogP) is 4.36. The summed E-state index contributed by atoms with van der Waals surface area (Å²) in [5.74, 6) is 1.54. The molecule has 3 nitrogen and oxygen atoms in total. The van der Waals surface area contributed by atoms with E-state index in [1.165, 1.54) is 25.9 Å². The van der Waals surface area contributed by atoms with Gasteiger partial charge in [-0.2, -0.15) is 0 Å². The van der Waals surface area contributed by atoms with Crippen LogP contribution in [0.1, 0.15) is 19.8 Å². The van der Waals surface area contributed by atoms with Crippen molar-refractivity contribution in [1.82, 2.24) is 4.90 Å². The summed E-state index contributed by atoms with van der Waals surface area (Å²) in [5.41, 5.74) is 1.09. The van der Waals surface area contributed by atoms with E-state index < -0.39 is 0 Å². The van der Waals surface area contributed by atoms with Gasteiger partial charge in [0, 0.05) is 23.1 Å². The Kier molecular flexibility index (Phi) is 5.75. The Balaban J connectivity index is 2.08. The molecule has 0 bridgehead atoms. The van der Waals surface area contributed by atoms with Crippen LogP contribution in [0.3, 0.4) is 0 Å². The van der Waals surface area contributed by atoms with E-state index in [1.807, 2.05) is 12.1 Å². The molecule has 0 saturated carbocycles. The number of anilines is 1. The zero-order valence-corrected chi connectivity index (χ0v) is 15.4. The number of rotatable bonds is 4. The fourth-order valence-electron chi connectivity index (χ4n) is 2.77. The Morgan fingerprint density at radius 2 is 2.10 bits per heavy atom. The molecule has 2 unspecified atom stereocenters. The summed E-state index contributed by atoms with van der Waals surface area (Å²) >= 11 is 7.12. The summed E-state index contributed by atoms with van der Waals surface area (Å²) in [6.45, 7) is 4.66. The number of nitrogens with one attached hydrogen (secondary N) is 1. The molecular weight excluding hydrogens is 384 g/mol. The Morgan fingerprint density at radius 1 is 1.35 bits per heavy atom. The van der Waals surface area contributed by atoms with Crippen molar-refractivity contribution in [3.63, 3.8) is 0 Å². The summed E-state index contributed by atoms with van der Waals surface area (Å²) in [6.07, 6.45) is 2.59. The molecule has 0 aromatic heterocycles. The maximum absolute atomic E-state index is 5.37. The zero-order valence-electron chi connectivity index (χ0n) is 12.2. The number of benzene rings is 1. The van der Waals surface area contributed by atoms with Gasteiger partial charge in [0.25, 0.3) is 0 Å². The van der Waals surface area contributed by atoms with Gasteiger partial charge in [0.2, 0.25) is 0 Å². The van der Waals surface area contributed by atoms with Crippen molar-refractivity contribution >= 4 is 37.5 Å². The molecular formula is C15H22Br2N2O. The average Bonchev–Trinajstić information content (AvgIpc) is 2.41. The van der Waals surface area contributed by atoms with Gasteiger partial charge in [0.15, 0.2) is 0 Å². The first kappa shape index (κ1) is 16.1. The molecule has 1 aliphatic rings. The maximum atomic E-state index is 5.37. The molecule has 1 aromatic rings. The topological polar surface area (TPSA) is 24.5 Å². The quantitative estimate of drug-likeness (QED) is 0.805. The van der Waals surface area contributed by atoms with Crippen LogP contribution in [0.2, 0.25) is 0 Å². The number of halogens is 2. The molecule has 5 heteroatoms. The van der Waals surface area contributed by atoms with Crippen molar-refractivity contribution in [2.45, 2.75) is 25.8 Å². The largest absolute Gasteiger partial charge is 0.495 e. The third kappa shape index (κ3) is 3.89. The highest BCUT2D eigenvalue weighted by atomic mass is 79.9. The molecule has 0 aliphatic carbocycles. The lowest BCUT2D eigenvalue weighted by Crippen LogP contribution is -2.39. The molecule has 0 amide bonds. The lowest BCUT2D eigenvalue weighted by molar-refractivity contribution is 0.197. The van der Waals surface area contributed by atoms with Crippen LogP contribution in [-0.4, -0.2) is 38.2 Å². The van der Waals surface area contributed by atoms with Crippen LogP contribution in [-0.2, 0) is 0 Å². The molecule has 112 valence electrons. The second-order valence-corrected chi connectivity index (χ2v) is 7.27. The Labute approximate surface area is 138 Å². The average molecular weight is 406 g/mol. The molecule has 1 heterocycles. The molecule has 2 atom stereocenters. The van der Waals surface area contributed by atoms with Crippen LogP contribution >= 0.6 is 31.9 Å². The minimum atomic E-state index is 0.444. The summed E-state index contributed by atoms with van der Waals surface area (Å²) < 4.78 is 7.39. The SMILES string of the molecule is COc1cc(NC(C)C2CCCN(C)C2)c(Br)cc1Br. The van der Waals surface area contributed by atoms with Crippen LogP contribution in [0.15, 0.2) is 21.1 Å². The second-order valence-electron chi connectivity index (χ2n) is 5.56. The number of hydrogen-bond donors (Lipinski definition) is 1. The van der Waals surface area contributed by atoms with E-state index in [4.69, 9.17) is 4.74 Å². The second kappa shape index (κ2) is 7.14. The Morgan fingerprint density at radius 3 is 2.75 bits per heavy atom. The van der Waals surface area contributed by atoms with Gasteiger partial charge in [-0.05, 0) is 77.2 Å². The molecule has 1 saturated heterocycles. The minimum absolute atomic E-state index is 0.444. The highest BCUT2D eigenvalue weighted by Gasteiger charge is 2.23. The van der Waals surface area contributed by atoms with Crippen molar-refractivity contribution < 1.29 is 4.74 Å². The van der Waals surface area contributed by atoms with E-state index in [9.17, 15) is 0 Å². The summed E-state index contributed by atoms with van der Waals surface area (Å²) in [6, 6.07) is 4.51. The first-order chi connectivity index (χ1) is 9.51. The van der Waals surface area contributed by atoms with Gasteiger partial charge < -0.3 is 15.0 Å². The molecule has 0 spiro atoms. The Bertz CT molecular complexity index is 467. The van der Waals surface area contributed by atoms with Gasteiger partial charge in [0.1, 0.15) is 5.75 Å². The van der Waals surface area contributed by atoms with Gasteiger partial charge in [-0.3, -0.25) is 0 Å². The van der Waals surface area contributed by atoms with Crippen molar-refractivity contribution in [2.24, 2.45) is 5.92 Å². The van der Waals surface area contributed by atoms with E-state index >= 15 is 0 Å². The number of nitrogens with zero attached hydrogens (tertiary/aromatic N) is 1. The van der Waals surface area contributed by atoms with Gasteiger partial charge in [-0.25, -0.2) is 0 Å². The van der Waals surface area contributed by atoms with E-state index in [0.29, 0.717) is 12.0 Å². The monoisotopic (exact) mass is 404 g/mol. The van der Waals surface area contributed by atoms with E-state index in [2.05, 4.69) is 56.0 Å². The number of ether oxygens (including phenoxy) is 1. The third-order valence-electron chi connectivity index (χ3n) is 3.99. The first-order valence-corrected chi connectivity index (χ1v) is 8.58. The maximum Gasteiger partial charge on any atom is 0.135 e. The van der Waals surface area contributed by atoms with Crippen LogP contribution < -0.4 is 10.1 Å². The number of methoxy groups -OCH3 is 1. The molecule has 1 aromatic carbocycles. The number of hydrogen-bond acceptors (Lipinski definition) is 3. The zero-order chi connectivity index (χ0) is 14.7. The summed E-state index contributed by atoms with van der Waals surface area (Å²) in [5, 5.41) is 3.63. The van der Waals surface area contributed by atoms with Crippen molar-refractivity contribution in [1.29, 1.82) is 0 Å². The van der Waals surface area contributed by atoms with Crippen LogP contribution in [0.5, 0.6) is 5.75 Å². The molecule has 1 aliphatic heterocycles. The molecule has 20 heavy (non-hydrogen) atoms. The summed E-state index contributed by atoms with van der Waals surface area (Å²) in [7, 11) is 3.90. The smallest absolute Gasteiger partial charge is 0.135 e. The number of piperidine rings is 1. The van der Waals surface area contributed by atoms with Crippen molar-refractivity contribution in [3.8, 4) is 5.75 Å². The van der Waals surface area contributed by atoms with E-state index in [0.717, 1.165) is 20.4 Å². The molecule has 1 fully saturated rings. The van der Waals surface area contributed by atoms with Crippen LogP contribution in [0.4, 0.5) is 5.69 Å². The van der Waals surface area contributed by atoms with Gasteiger partial charge in [-0.1, -0.05) is 0 Å². The summed E-state index contributed by atoms with van der Waals surface area (Å²) in [4.78, 5) is 2.42. The highest BCUT2D eigenvalue weighted by Crippen LogP contribution is 2.35. The third-order valence-corrected chi connectivity index (χ3v) is 5.27. The van der Waals surface area contributed by atoms with Crippen molar-refractivity contribution in [3.05, 3.63) is 21.1 Å². The van der Waals surface area contributed by atoms with Crippen LogP contribution in [0.25, 0.3) is 0 Å². The lowest BCUT2D eigenvalue weighted by atomic mass is 9.92. The van der Waals surface area contributed by atoms with Gasteiger partial charge in [-0.15, -0.1) is 0 Å². The Hall–Kier alpha value is -0.260. The normalized spacial score (nSPS) is 21.6. The lowest BCUT2D eigenvalue weighted by Gasteiger charge is -2.34. The predicted molar refractivity (Wildman–Crippen MR) is 91.7 cm³/mol. The molecule has 1 N–H and O–H groups in total. The van der Waals surface area contributed by atoms with E-state index in [1.54, 1.807) is 7.11 Å². The van der Waals surface area contributed by atoms with Crippen LogP contribution in [0, 0.1) is 5.92 Å². The molecule has 0 radical (unpaired) electrons. The van der Waals surface area contributed by atoms with Gasteiger partial charge >= 0.3 is 0 Å². The van der Waals surface area contributed by atoms with E-state index in [-0.39, 0.29) is 0 Å². The highest BCUT2D eigenvalue weighted by molar-refractivity contribution is 9.11. The van der Waals surface area contributed by atoms with Gasteiger partial charge in [0.05, 0.1) is 17.3 Å². The number of likely N-dealkylation sites (tertiary alicyclic amines) is 1.